The van der Waals surface area contributed by atoms with Gasteiger partial charge in [0.15, 0.2) is 0 Å². The molecule has 0 aromatic heterocycles. The Kier molecular flexibility index (Phi) is 4.34. The predicted octanol–water partition coefficient (Wildman–Crippen LogP) is 3.60. The van der Waals surface area contributed by atoms with Crippen LogP contribution in [0, 0.1) is 5.92 Å². The molecule has 0 atom stereocenters. The van der Waals surface area contributed by atoms with Crippen LogP contribution in [0.4, 0.5) is 13.2 Å². The van der Waals surface area contributed by atoms with E-state index in [2.05, 4.69) is 0 Å². The fraction of sp³-hybridized carbons (Fsp3) is 0.571. The van der Waals surface area contributed by atoms with Gasteiger partial charge >= 0.3 is 6.18 Å². The second-order valence-electron chi connectivity index (χ2n) is 5.11. The van der Waals surface area contributed by atoms with Crippen LogP contribution in [0.5, 0.6) is 5.75 Å². The largest absolute Gasteiger partial charge is 0.493 e. The van der Waals surface area contributed by atoms with Gasteiger partial charge in [-0.3, -0.25) is 0 Å². The van der Waals surface area contributed by atoms with Crippen LogP contribution < -0.4 is 10.5 Å². The summed E-state index contributed by atoms with van der Waals surface area (Å²) in [5.41, 5.74) is 5.16. The summed E-state index contributed by atoms with van der Waals surface area (Å²) in [7, 11) is 0. The lowest BCUT2D eigenvalue weighted by Gasteiger charge is -2.25. The summed E-state index contributed by atoms with van der Waals surface area (Å²) in [6.45, 7) is 0.554. The first-order valence-corrected chi connectivity index (χ1v) is 6.51. The molecular formula is C14H18F3NO. The molecule has 1 aromatic rings. The van der Waals surface area contributed by atoms with Crippen LogP contribution in [0.1, 0.15) is 31.2 Å². The van der Waals surface area contributed by atoms with Gasteiger partial charge in [0, 0.05) is 6.04 Å². The second kappa shape index (κ2) is 5.82. The average Bonchev–Trinajstić information content (AvgIpc) is 2.37. The number of rotatable bonds is 3. The first-order chi connectivity index (χ1) is 8.95. The van der Waals surface area contributed by atoms with Crippen molar-refractivity contribution in [3.63, 3.8) is 0 Å². The Morgan fingerprint density at radius 2 is 1.63 bits per heavy atom. The first-order valence-electron chi connectivity index (χ1n) is 6.51. The van der Waals surface area contributed by atoms with Gasteiger partial charge in [-0.25, -0.2) is 0 Å². The van der Waals surface area contributed by atoms with Crippen molar-refractivity contribution < 1.29 is 17.9 Å². The van der Waals surface area contributed by atoms with Gasteiger partial charge in [-0.15, -0.1) is 0 Å². The maximum Gasteiger partial charge on any atom is 0.416 e. The lowest BCUT2D eigenvalue weighted by atomic mass is 9.87. The fourth-order valence-corrected chi connectivity index (χ4v) is 2.31. The van der Waals surface area contributed by atoms with Gasteiger partial charge in [0.1, 0.15) is 5.75 Å². The zero-order chi connectivity index (χ0) is 13.9. The Labute approximate surface area is 110 Å². The monoisotopic (exact) mass is 273 g/mol. The SMILES string of the molecule is NC1CCC(COc2ccc(C(F)(F)F)cc2)CC1. The minimum atomic E-state index is -4.29. The highest BCUT2D eigenvalue weighted by molar-refractivity contribution is 5.28. The van der Waals surface area contributed by atoms with E-state index in [1.807, 2.05) is 0 Å². The molecule has 1 aliphatic carbocycles. The Bertz CT molecular complexity index is 394. The fourth-order valence-electron chi connectivity index (χ4n) is 2.31. The van der Waals surface area contributed by atoms with Crippen molar-refractivity contribution in [3.05, 3.63) is 29.8 Å². The molecule has 2 nitrogen and oxygen atoms in total. The van der Waals surface area contributed by atoms with Gasteiger partial charge in [-0.2, -0.15) is 13.2 Å². The molecule has 19 heavy (non-hydrogen) atoms. The molecule has 0 radical (unpaired) electrons. The van der Waals surface area contributed by atoms with Gasteiger partial charge in [0.2, 0.25) is 0 Å². The van der Waals surface area contributed by atoms with Crippen molar-refractivity contribution >= 4 is 0 Å². The molecule has 5 heteroatoms. The van der Waals surface area contributed by atoms with Crippen LogP contribution in [0.15, 0.2) is 24.3 Å². The summed E-state index contributed by atoms with van der Waals surface area (Å²) in [5, 5.41) is 0. The third-order valence-corrected chi connectivity index (χ3v) is 3.56. The van der Waals surface area contributed by atoms with Crippen molar-refractivity contribution in [3.8, 4) is 5.75 Å². The molecule has 2 rings (SSSR count). The van der Waals surface area contributed by atoms with Crippen molar-refractivity contribution in [1.29, 1.82) is 0 Å². The first kappa shape index (κ1) is 14.2. The van der Waals surface area contributed by atoms with Gasteiger partial charge < -0.3 is 10.5 Å². The predicted molar refractivity (Wildman–Crippen MR) is 66.9 cm³/mol. The lowest BCUT2D eigenvalue weighted by molar-refractivity contribution is -0.137. The van der Waals surface area contributed by atoms with E-state index in [1.54, 1.807) is 0 Å². The number of nitrogens with two attached hydrogens (primary N) is 1. The smallest absolute Gasteiger partial charge is 0.416 e. The summed E-state index contributed by atoms with van der Waals surface area (Å²) >= 11 is 0. The molecule has 0 heterocycles. The molecule has 0 amide bonds. The van der Waals surface area contributed by atoms with E-state index < -0.39 is 11.7 Å². The van der Waals surface area contributed by atoms with Crippen LogP contribution in [0.2, 0.25) is 0 Å². The number of ether oxygens (including phenoxy) is 1. The van der Waals surface area contributed by atoms with Gasteiger partial charge in [-0.1, -0.05) is 0 Å². The van der Waals surface area contributed by atoms with Crippen molar-refractivity contribution in [1.82, 2.24) is 0 Å². The Morgan fingerprint density at radius 1 is 1.05 bits per heavy atom. The van der Waals surface area contributed by atoms with Crippen LogP contribution >= 0.6 is 0 Å². The lowest BCUT2D eigenvalue weighted by Crippen LogP contribution is -2.28. The Morgan fingerprint density at radius 3 is 2.16 bits per heavy atom. The van der Waals surface area contributed by atoms with Gasteiger partial charge in [-0.05, 0) is 55.9 Å². The summed E-state index contributed by atoms with van der Waals surface area (Å²) in [6, 6.07) is 5.13. The molecule has 0 bridgehead atoms. The van der Waals surface area contributed by atoms with Crippen LogP contribution in [0.3, 0.4) is 0 Å². The van der Waals surface area contributed by atoms with E-state index in [4.69, 9.17) is 10.5 Å². The standard InChI is InChI=1S/C14H18F3NO/c15-14(16,17)11-3-7-13(8-4-11)19-9-10-1-5-12(18)6-2-10/h3-4,7-8,10,12H,1-2,5-6,9,18H2. The van der Waals surface area contributed by atoms with Crippen molar-refractivity contribution in [2.75, 3.05) is 6.61 Å². The van der Waals surface area contributed by atoms with Crippen LogP contribution in [-0.4, -0.2) is 12.6 Å². The van der Waals surface area contributed by atoms with E-state index in [-0.39, 0.29) is 0 Å². The average molecular weight is 273 g/mol. The van der Waals surface area contributed by atoms with E-state index in [1.165, 1.54) is 12.1 Å². The molecule has 0 unspecified atom stereocenters. The summed E-state index contributed by atoms with van der Waals surface area (Å²) in [6.07, 6.45) is -0.232. The molecule has 0 saturated heterocycles. The summed E-state index contributed by atoms with van der Waals surface area (Å²) in [5.74, 6) is 0.949. The zero-order valence-electron chi connectivity index (χ0n) is 10.6. The molecule has 1 aliphatic rings. The third kappa shape index (κ3) is 4.13. The maximum absolute atomic E-state index is 12.4. The maximum atomic E-state index is 12.4. The van der Waals surface area contributed by atoms with E-state index in [0.29, 0.717) is 24.3 Å². The second-order valence-corrected chi connectivity index (χ2v) is 5.11. The molecular weight excluding hydrogens is 255 g/mol. The van der Waals surface area contributed by atoms with E-state index in [9.17, 15) is 13.2 Å². The van der Waals surface area contributed by atoms with Crippen molar-refractivity contribution in [2.24, 2.45) is 11.7 Å². The number of hydrogen-bond acceptors (Lipinski definition) is 2. The Hall–Kier alpha value is -1.23. The zero-order valence-corrected chi connectivity index (χ0v) is 10.6. The number of benzene rings is 1. The number of alkyl halides is 3. The highest BCUT2D eigenvalue weighted by atomic mass is 19.4. The normalized spacial score (nSPS) is 24.2. The van der Waals surface area contributed by atoms with Crippen molar-refractivity contribution in [2.45, 2.75) is 37.9 Å². The van der Waals surface area contributed by atoms with Gasteiger partial charge in [0.05, 0.1) is 12.2 Å². The molecule has 0 spiro atoms. The van der Waals surface area contributed by atoms with Crippen LogP contribution in [0.25, 0.3) is 0 Å². The topological polar surface area (TPSA) is 35.2 Å². The number of hydrogen-bond donors (Lipinski definition) is 1. The molecule has 1 fully saturated rings. The molecule has 2 N–H and O–H groups in total. The minimum Gasteiger partial charge on any atom is -0.493 e. The van der Waals surface area contributed by atoms with E-state index in [0.717, 1.165) is 37.8 Å². The van der Waals surface area contributed by atoms with Crippen LogP contribution in [-0.2, 0) is 6.18 Å². The van der Waals surface area contributed by atoms with Gasteiger partial charge in [0.25, 0.3) is 0 Å². The summed E-state index contributed by atoms with van der Waals surface area (Å²) < 4.78 is 42.7. The molecule has 106 valence electrons. The quantitative estimate of drug-likeness (QED) is 0.913. The highest BCUT2D eigenvalue weighted by Gasteiger charge is 2.30. The Balaban J connectivity index is 1.83. The van der Waals surface area contributed by atoms with E-state index >= 15 is 0 Å². The molecule has 1 aromatic carbocycles. The highest BCUT2D eigenvalue weighted by Crippen LogP contribution is 2.30. The minimum absolute atomic E-state index is 0.294. The third-order valence-electron chi connectivity index (χ3n) is 3.56. The molecule has 1 saturated carbocycles. The number of halogens is 3. The summed E-state index contributed by atoms with van der Waals surface area (Å²) in [4.78, 5) is 0. The molecule has 0 aliphatic heterocycles.